The van der Waals surface area contributed by atoms with Crippen LogP contribution in [-0.2, 0) is 0 Å². The molecule has 2 unspecified atom stereocenters. The average molecular weight is 201 g/mol. The van der Waals surface area contributed by atoms with Crippen LogP contribution in [0.2, 0.25) is 0 Å². The molecule has 0 spiro atoms. The largest absolute Gasteiger partial charge is 0.421 e. The number of aliphatic hydroxyl groups excluding tert-OH is 1. The third kappa shape index (κ3) is 3.58. The van der Waals surface area contributed by atoms with Gasteiger partial charge >= 0.3 is 6.18 Å². The normalized spacial score (nSPS) is 16.7. The molecule has 0 bridgehead atoms. The third-order valence-electron chi connectivity index (χ3n) is 1.56. The summed E-state index contributed by atoms with van der Waals surface area (Å²) in [5, 5.41) is 18.7. The first kappa shape index (κ1) is 12.2. The summed E-state index contributed by atoms with van der Waals surface area (Å²) in [5.74, 6) is 0. The maximum Gasteiger partial charge on any atom is 0.421 e. The molecule has 13 heavy (non-hydrogen) atoms. The highest BCUT2D eigenvalue weighted by atomic mass is 19.4. The van der Waals surface area contributed by atoms with Crippen LogP contribution in [0.15, 0.2) is 0 Å². The van der Waals surface area contributed by atoms with Crippen molar-refractivity contribution in [3.05, 3.63) is 10.1 Å². The molecule has 0 aromatic rings. The van der Waals surface area contributed by atoms with Crippen LogP contribution in [0.1, 0.15) is 19.8 Å². The lowest BCUT2D eigenvalue weighted by atomic mass is 10.1. The molecule has 78 valence electrons. The second-order valence-electron chi connectivity index (χ2n) is 2.63. The minimum Gasteiger partial charge on any atom is -0.378 e. The van der Waals surface area contributed by atoms with Gasteiger partial charge in [0.05, 0.1) is 0 Å². The van der Waals surface area contributed by atoms with Crippen molar-refractivity contribution >= 4 is 0 Å². The van der Waals surface area contributed by atoms with Gasteiger partial charge < -0.3 is 5.11 Å². The number of hydrogen-bond donors (Lipinski definition) is 1. The summed E-state index contributed by atoms with van der Waals surface area (Å²) in [6, 6.07) is -1.95. The van der Waals surface area contributed by atoms with Crippen molar-refractivity contribution in [1.29, 1.82) is 0 Å². The molecule has 0 saturated carbocycles. The van der Waals surface area contributed by atoms with Gasteiger partial charge in [0.25, 0.3) is 0 Å². The quantitative estimate of drug-likeness (QED) is 0.551. The molecule has 0 amide bonds. The number of halogens is 3. The molecule has 0 aromatic carbocycles. The lowest BCUT2D eigenvalue weighted by molar-refractivity contribution is -0.545. The summed E-state index contributed by atoms with van der Waals surface area (Å²) < 4.78 is 35.5. The van der Waals surface area contributed by atoms with Crippen molar-refractivity contribution < 1.29 is 23.2 Å². The van der Waals surface area contributed by atoms with Crippen molar-refractivity contribution in [2.24, 2.45) is 0 Å². The van der Waals surface area contributed by atoms with E-state index < -0.39 is 23.2 Å². The Morgan fingerprint density at radius 2 is 2.00 bits per heavy atom. The van der Waals surface area contributed by atoms with Gasteiger partial charge in [0.2, 0.25) is 12.1 Å². The van der Waals surface area contributed by atoms with E-state index in [1.165, 1.54) is 6.92 Å². The first-order valence-corrected chi connectivity index (χ1v) is 3.69. The van der Waals surface area contributed by atoms with E-state index in [0.29, 0.717) is 0 Å². The Balaban J connectivity index is 4.46. The summed E-state index contributed by atoms with van der Waals surface area (Å²) in [7, 11) is 0. The molecule has 0 aliphatic carbocycles. The summed E-state index contributed by atoms with van der Waals surface area (Å²) in [6.07, 6.45) is -7.86. The zero-order valence-corrected chi connectivity index (χ0v) is 6.91. The third-order valence-corrected chi connectivity index (χ3v) is 1.56. The van der Waals surface area contributed by atoms with Gasteiger partial charge in [0.1, 0.15) is 0 Å². The zero-order chi connectivity index (χ0) is 10.6. The van der Waals surface area contributed by atoms with Gasteiger partial charge in [-0.15, -0.1) is 0 Å². The van der Waals surface area contributed by atoms with Gasteiger partial charge in [0.15, 0.2) is 0 Å². The molecular formula is C6H10F3NO3. The molecular weight excluding hydrogens is 191 g/mol. The number of alkyl halides is 3. The number of hydrogen-bond acceptors (Lipinski definition) is 3. The van der Waals surface area contributed by atoms with Gasteiger partial charge in [-0.2, -0.15) is 13.2 Å². The van der Waals surface area contributed by atoms with E-state index in [4.69, 9.17) is 5.11 Å². The van der Waals surface area contributed by atoms with E-state index in [-0.39, 0.29) is 12.8 Å². The lowest BCUT2D eigenvalue weighted by Crippen LogP contribution is -2.43. The van der Waals surface area contributed by atoms with Crippen molar-refractivity contribution in [3.63, 3.8) is 0 Å². The molecule has 0 fully saturated rings. The van der Waals surface area contributed by atoms with Gasteiger partial charge in [-0.1, -0.05) is 6.92 Å². The Morgan fingerprint density at radius 1 is 1.54 bits per heavy atom. The van der Waals surface area contributed by atoms with Crippen molar-refractivity contribution in [3.8, 4) is 0 Å². The van der Waals surface area contributed by atoms with E-state index >= 15 is 0 Å². The van der Waals surface area contributed by atoms with Crippen LogP contribution in [-0.4, -0.2) is 28.4 Å². The van der Waals surface area contributed by atoms with Gasteiger partial charge in [-0.25, -0.2) is 0 Å². The van der Waals surface area contributed by atoms with Crippen LogP contribution in [0, 0.1) is 10.1 Å². The Morgan fingerprint density at radius 3 is 2.23 bits per heavy atom. The maximum atomic E-state index is 11.8. The fourth-order valence-corrected chi connectivity index (χ4v) is 0.892. The van der Waals surface area contributed by atoms with E-state index in [1.807, 2.05) is 0 Å². The van der Waals surface area contributed by atoms with Crippen molar-refractivity contribution in [1.82, 2.24) is 0 Å². The Hall–Kier alpha value is -0.850. The molecule has 0 aromatic heterocycles. The first-order chi connectivity index (χ1) is 5.80. The van der Waals surface area contributed by atoms with Crippen molar-refractivity contribution in [2.75, 3.05) is 0 Å². The highest BCUT2D eigenvalue weighted by molar-refractivity contribution is 4.74. The van der Waals surface area contributed by atoms with E-state index in [9.17, 15) is 23.3 Å². The first-order valence-electron chi connectivity index (χ1n) is 3.69. The minimum absolute atomic E-state index is 0.221. The molecule has 0 aliphatic rings. The smallest absolute Gasteiger partial charge is 0.378 e. The van der Waals surface area contributed by atoms with Crippen LogP contribution in [0.3, 0.4) is 0 Å². The molecule has 4 nitrogen and oxygen atoms in total. The monoisotopic (exact) mass is 201 g/mol. The maximum absolute atomic E-state index is 11.8. The van der Waals surface area contributed by atoms with Crippen LogP contribution < -0.4 is 0 Å². The number of rotatable bonds is 4. The topological polar surface area (TPSA) is 63.4 Å². The molecule has 0 heterocycles. The molecule has 2 atom stereocenters. The molecule has 0 aliphatic heterocycles. The van der Waals surface area contributed by atoms with Crippen LogP contribution in [0.4, 0.5) is 13.2 Å². The fraction of sp³-hybridized carbons (Fsp3) is 1.00. The average Bonchev–Trinajstić information content (AvgIpc) is 1.96. The Kier molecular flexibility index (Phi) is 4.12. The van der Waals surface area contributed by atoms with Gasteiger partial charge in [-0.05, 0) is 6.42 Å². The number of nitro groups is 1. The zero-order valence-electron chi connectivity index (χ0n) is 6.91. The fourth-order valence-electron chi connectivity index (χ4n) is 0.892. The van der Waals surface area contributed by atoms with Crippen LogP contribution in [0.5, 0.6) is 0 Å². The number of aliphatic hydroxyl groups is 1. The predicted molar refractivity (Wildman–Crippen MR) is 37.8 cm³/mol. The summed E-state index contributed by atoms with van der Waals surface area (Å²) in [4.78, 5) is 9.03. The molecule has 7 heteroatoms. The van der Waals surface area contributed by atoms with Crippen molar-refractivity contribution in [2.45, 2.75) is 38.1 Å². The second kappa shape index (κ2) is 4.40. The summed E-state index contributed by atoms with van der Waals surface area (Å²) in [6.45, 7) is 1.51. The lowest BCUT2D eigenvalue weighted by Gasteiger charge is -2.17. The number of nitrogens with zero attached hydrogens (tertiary/aromatic N) is 1. The van der Waals surface area contributed by atoms with E-state index in [2.05, 4.69) is 0 Å². The second-order valence-corrected chi connectivity index (χ2v) is 2.63. The van der Waals surface area contributed by atoms with Gasteiger partial charge in [-0.3, -0.25) is 10.1 Å². The minimum atomic E-state index is -4.92. The van der Waals surface area contributed by atoms with Crippen LogP contribution in [0.25, 0.3) is 0 Å². The summed E-state index contributed by atoms with van der Waals surface area (Å²) >= 11 is 0. The molecule has 1 N–H and O–H groups in total. The summed E-state index contributed by atoms with van der Waals surface area (Å²) in [5.41, 5.74) is 0. The van der Waals surface area contributed by atoms with E-state index in [1.54, 1.807) is 0 Å². The highest BCUT2D eigenvalue weighted by Crippen LogP contribution is 2.25. The molecule has 0 saturated heterocycles. The predicted octanol–water partition coefficient (Wildman–Crippen LogP) is 1.35. The van der Waals surface area contributed by atoms with E-state index in [0.717, 1.165) is 0 Å². The Bertz CT molecular complexity index is 182. The molecule has 0 rings (SSSR count). The Labute approximate surface area is 72.5 Å². The highest BCUT2D eigenvalue weighted by Gasteiger charge is 2.48. The molecule has 0 radical (unpaired) electrons. The standard InChI is InChI=1S/C6H10F3NO3/c1-2-3-4(10(12)13)5(11)6(7,8)9/h4-5,11H,2-3H2,1H3. The van der Waals surface area contributed by atoms with Gasteiger partial charge in [0, 0.05) is 11.3 Å². The van der Waals surface area contributed by atoms with Crippen LogP contribution >= 0.6 is 0 Å². The SMILES string of the molecule is CCCC(C(O)C(F)(F)F)[N+](=O)[O-].